The third-order valence-electron chi connectivity index (χ3n) is 5.38. The van der Waals surface area contributed by atoms with Crippen molar-refractivity contribution >= 4 is 29.3 Å². The molecule has 1 unspecified atom stereocenters. The first-order chi connectivity index (χ1) is 15.3. The summed E-state index contributed by atoms with van der Waals surface area (Å²) in [6, 6.07) is 11.2. The summed E-state index contributed by atoms with van der Waals surface area (Å²) < 4.78 is 11.6. The molecule has 1 aliphatic heterocycles. The Balaban J connectivity index is 0.000000321. The maximum Gasteiger partial charge on any atom is 0.323 e. The standard InChI is InChI=1S/C18H25NO4.C7H6ClNO/c1-10(2)16(19)17(21)22-15-9-13-8-12(11(3)20)6-7-14(13)23-18(15,4)5;8-6-3-1-2-5(4-6)7(9)10/h6-8,10,15-16H,9,19H2,1-5H3;1-4H,(H2,9,10)/t15-,16?;/m1./s1. The molecule has 3 rings (SSSR count). The smallest absolute Gasteiger partial charge is 0.323 e. The number of primary amides is 1. The highest BCUT2D eigenvalue weighted by Gasteiger charge is 2.40. The lowest BCUT2D eigenvalue weighted by molar-refractivity contribution is -0.163. The van der Waals surface area contributed by atoms with Gasteiger partial charge in [-0.1, -0.05) is 31.5 Å². The summed E-state index contributed by atoms with van der Waals surface area (Å²) in [6.45, 7) is 9.04. The first-order valence-electron chi connectivity index (χ1n) is 10.7. The zero-order valence-electron chi connectivity index (χ0n) is 19.6. The maximum atomic E-state index is 12.2. The first kappa shape index (κ1) is 26.4. The van der Waals surface area contributed by atoms with Crippen LogP contribution in [-0.4, -0.2) is 35.4 Å². The van der Waals surface area contributed by atoms with Gasteiger partial charge in [0.05, 0.1) is 0 Å². The molecule has 1 aliphatic rings. The molecule has 1 heterocycles. The minimum atomic E-state index is -0.657. The zero-order valence-corrected chi connectivity index (χ0v) is 20.3. The fourth-order valence-electron chi connectivity index (χ4n) is 3.17. The van der Waals surface area contributed by atoms with Crippen molar-refractivity contribution in [1.82, 2.24) is 0 Å². The molecule has 0 bridgehead atoms. The molecule has 8 heteroatoms. The Morgan fingerprint density at radius 2 is 1.79 bits per heavy atom. The van der Waals surface area contributed by atoms with E-state index < -0.39 is 29.6 Å². The number of carbonyl (C=O) groups is 3. The van der Waals surface area contributed by atoms with Crippen LogP contribution in [0.2, 0.25) is 5.02 Å². The average Bonchev–Trinajstić information content (AvgIpc) is 2.73. The maximum absolute atomic E-state index is 12.2. The first-order valence-corrected chi connectivity index (χ1v) is 11.0. The number of rotatable bonds is 5. The second kappa shape index (κ2) is 10.8. The van der Waals surface area contributed by atoms with Gasteiger partial charge in [-0.3, -0.25) is 14.4 Å². The third-order valence-corrected chi connectivity index (χ3v) is 5.61. The van der Waals surface area contributed by atoms with Crippen LogP contribution in [0.1, 0.15) is 60.9 Å². The molecule has 0 aliphatic carbocycles. The minimum absolute atomic E-state index is 0.00622. The van der Waals surface area contributed by atoms with Gasteiger partial charge in [-0.05, 0) is 68.7 Å². The lowest BCUT2D eigenvalue weighted by atomic mass is 9.89. The number of Topliss-reactive ketones (excluding diaryl/α,β-unsaturated/α-hetero) is 1. The van der Waals surface area contributed by atoms with Crippen molar-refractivity contribution in [2.45, 2.75) is 58.8 Å². The topological polar surface area (TPSA) is 122 Å². The summed E-state index contributed by atoms with van der Waals surface area (Å²) in [5, 5.41) is 0.524. The molecule has 7 nitrogen and oxygen atoms in total. The Morgan fingerprint density at radius 1 is 1.12 bits per heavy atom. The number of ketones is 1. The highest BCUT2D eigenvalue weighted by Crippen LogP contribution is 2.35. The van der Waals surface area contributed by atoms with E-state index in [1.54, 1.807) is 36.4 Å². The van der Waals surface area contributed by atoms with Crippen molar-refractivity contribution in [3.63, 3.8) is 0 Å². The SMILES string of the molecule is CC(=O)c1ccc2c(c1)C[C@@H](OC(=O)C(N)C(C)C)C(C)(C)O2.NC(=O)c1cccc(Cl)c1. The molecule has 2 aromatic rings. The minimum Gasteiger partial charge on any atom is -0.484 e. The summed E-state index contributed by atoms with van der Waals surface area (Å²) in [4.78, 5) is 34.2. The van der Waals surface area contributed by atoms with E-state index in [4.69, 9.17) is 32.5 Å². The van der Waals surface area contributed by atoms with E-state index in [1.165, 1.54) is 13.0 Å². The van der Waals surface area contributed by atoms with Gasteiger partial charge in [0.2, 0.25) is 5.91 Å². The van der Waals surface area contributed by atoms with E-state index in [0.29, 0.717) is 22.6 Å². The molecular weight excluding hydrogens is 444 g/mol. The van der Waals surface area contributed by atoms with E-state index in [1.807, 2.05) is 27.7 Å². The summed E-state index contributed by atoms with van der Waals surface area (Å²) in [5.74, 6) is -0.157. The number of hydrogen-bond donors (Lipinski definition) is 2. The van der Waals surface area contributed by atoms with Crippen molar-refractivity contribution in [2.75, 3.05) is 0 Å². The molecule has 4 N–H and O–H groups in total. The van der Waals surface area contributed by atoms with Gasteiger partial charge in [-0.15, -0.1) is 0 Å². The number of nitrogens with two attached hydrogens (primary N) is 2. The van der Waals surface area contributed by atoms with Crippen molar-refractivity contribution in [1.29, 1.82) is 0 Å². The molecule has 0 radical (unpaired) electrons. The lowest BCUT2D eigenvalue weighted by Gasteiger charge is -2.39. The number of ether oxygens (including phenoxy) is 2. The summed E-state index contributed by atoms with van der Waals surface area (Å²) in [7, 11) is 0. The summed E-state index contributed by atoms with van der Waals surface area (Å²) in [5.41, 5.74) is 12.1. The molecule has 0 saturated carbocycles. The van der Waals surface area contributed by atoms with Gasteiger partial charge in [-0.2, -0.15) is 0 Å². The summed E-state index contributed by atoms with van der Waals surface area (Å²) in [6.07, 6.45) is 0.0505. The molecule has 0 fully saturated rings. The van der Waals surface area contributed by atoms with E-state index in [2.05, 4.69) is 0 Å². The van der Waals surface area contributed by atoms with Crippen LogP contribution in [0.15, 0.2) is 42.5 Å². The highest BCUT2D eigenvalue weighted by molar-refractivity contribution is 6.30. The normalized spacial score (nSPS) is 17.0. The molecule has 0 saturated heterocycles. The fourth-order valence-corrected chi connectivity index (χ4v) is 3.36. The van der Waals surface area contributed by atoms with Crippen LogP contribution in [0.3, 0.4) is 0 Å². The van der Waals surface area contributed by atoms with Crippen LogP contribution >= 0.6 is 11.6 Å². The van der Waals surface area contributed by atoms with Gasteiger partial charge >= 0.3 is 5.97 Å². The van der Waals surface area contributed by atoms with E-state index in [0.717, 1.165) is 11.3 Å². The Hall–Kier alpha value is -2.90. The van der Waals surface area contributed by atoms with Crippen molar-refractivity contribution in [2.24, 2.45) is 17.4 Å². The predicted molar refractivity (Wildman–Crippen MR) is 128 cm³/mol. The van der Waals surface area contributed by atoms with Crippen LogP contribution < -0.4 is 16.2 Å². The Morgan fingerprint density at radius 3 is 2.30 bits per heavy atom. The number of benzene rings is 2. The zero-order chi connectivity index (χ0) is 24.9. The summed E-state index contributed by atoms with van der Waals surface area (Å²) >= 11 is 5.58. The molecular formula is C25H31ClN2O5. The van der Waals surface area contributed by atoms with Gasteiger partial charge in [0.1, 0.15) is 23.5 Å². The Kier molecular flexibility index (Phi) is 8.63. The van der Waals surface area contributed by atoms with Crippen molar-refractivity contribution in [3.8, 4) is 5.75 Å². The molecule has 33 heavy (non-hydrogen) atoms. The predicted octanol–water partition coefficient (Wildman–Crippen LogP) is 3.94. The largest absolute Gasteiger partial charge is 0.484 e. The average molecular weight is 475 g/mol. The number of carbonyl (C=O) groups excluding carboxylic acids is 3. The van der Waals surface area contributed by atoms with Crippen LogP contribution in [-0.2, 0) is 16.0 Å². The molecule has 1 amide bonds. The Bertz CT molecular complexity index is 1040. The molecule has 0 aromatic heterocycles. The van der Waals surface area contributed by atoms with Gasteiger partial charge in [-0.25, -0.2) is 0 Å². The molecule has 2 aromatic carbocycles. The number of amides is 1. The van der Waals surface area contributed by atoms with E-state index in [9.17, 15) is 14.4 Å². The molecule has 2 atom stereocenters. The van der Waals surface area contributed by atoms with Crippen LogP contribution in [0, 0.1) is 5.92 Å². The third kappa shape index (κ3) is 7.04. The van der Waals surface area contributed by atoms with Crippen molar-refractivity contribution < 1.29 is 23.9 Å². The second-order valence-electron chi connectivity index (χ2n) is 8.86. The van der Waals surface area contributed by atoms with Crippen LogP contribution in [0.5, 0.6) is 5.75 Å². The van der Waals surface area contributed by atoms with E-state index >= 15 is 0 Å². The van der Waals surface area contributed by atoms with E-state index in [-0.39, 0.29) is 11.7 Å². The number of hydrogen-bond acceptors (Lipinski definition) is 6. The lowest BCUT2D eigenvalue weighted by Crippen LogP contribution is -2.51. The van der Waals surface area contributed by atoms with Crippen molar-refractivity contribution in [3.05, 3.63) is 64.2 Å². The van der Waals surface area contributed by atoms with Gasteiger partial charge in [0.25, 0.3) is 0 Å². The van der Waals surface area contributed by atoms with Crippen LogP contribution in [0.4, 0.5) is 0 Å². The van der Waals surface area contributed by atoms with Gasteiger partial charge < -0.3 is 20.9 Å². The second-order valence-corrected chi connectivity index (χ2v) is 9.29. The molecule has 178 valence electrons. The molecule has 0 spiro atoms. The highest BCUT2D eigenvalue weighted by atomic mass is 35.5. The van der Waals surface area contributed by atoms with Gasteiger partial charge in [0, 0.05) is 22.6 Å². The number of esters is 1. The quantitative estimate of drug-likeness (QED) is 0.500. The van der Waals surface area contributed by atoms with Gasteiger partial charge in [0.15, 0.2) is 5.78 Å². The van der Waals surface area contributed by atoms with Crippen LogP contribution in [0.25, 0.3) is 0 Å². The fraction of sp³-hybridized carbons (Fsp3) is 0.400. The monoisotopic (exact) mass is 474 g/mol. The Labute approximate surface area is 199 Å². The number of fused-ring (bicyclic) bond motifs is 1. The number of halogens is 1.